The van der Waals surface area contributed by atoms with Gasteiger partial charge in [0.15, 0.2) is 0 Å². The van der Waals surface area contributed by atoms with Crippen molar-refractivity contribution in [1.29, 1.82) is 0 Å². The molecule has 35 heavy (non-hydrogen) atoms. The average Bonchev–Trinajstić information content (AvgIpc) is 2.86. The van der Waals surface area contributed by atoms with Crippen LogP contribution in [0.5, 0.6) is 11.5 Å². The van der Waals surface area contributed by atoms with Crippen LogP contribution < -0.4 is 20.9 Å². The minimum absolute atomic E-state index is 0.0885. The summed E-state index contributed by atoms with van der Waals surface area (Å²) in [6.45, 7) is 0.189. The van der Waals surface area contributed by atoms with Gasteiger partial charge in [-0.25, -0.2) is 9.59 Å². The molecule has 0 heterocycles. The molecule has 3 aromatic carbocycles. The second-order valence-corrected chi connectivity index (χ2v) is 7.56. The van der Waals surface area contributed by atoms with Gasteiger partial charge >= 0.3 is 11.9 Å². The number of benzene rings is 3. The number of carbonyl (C=O) groups is 2. The van der Waals surface area contributed by atoms with E-state index in [1.165, 1.54) is 18.2 Å². The monoisotopic (exact) mass is 476 g/mol. The minimum atomic E-state index is -0.541. The second kappa shape index (κ2) is 12.1. The third-order valence-electron chi connectivity index (χ3n) is 5.04. The highest BCUT2D eigenvalue weighted by molar-refractivity contribution is 5.91. The molecule has 0 amide bonds. The van der Waals surface area contributed by atoms with E-state index in [0.717, 1.165) is 22.4 Å². The van der Waals surface area contributed by atoms with Crippen molar-refractivity contribution in [2.24, 2.45) is 0 Å². The van der Waals surface area contributed by atoms with Crippen molar-refractivity contribution in [3.8, 4) is 22.6 Å². The largest absolute Gasteiger partial charge is 0.497 e. The van der Waals surface area contributed by atoms with Gasteiger partial charge in [-0.15, -0.1) is 0 Å². The number of nitrogens with two attached hydrogens (primary N) is 2. The fourth-order valence-electron chi connectivity index (χ4n) is 3.29. The van der Waals surface area contributed by atoms with Gasteiger partial charge in [0, 0.05) is 29.4 Å². The molecule has 0 unspecified atom stereocenters. The molecule has 0 saturated heterocycles. The summed E-state index contributed by atoms with van der Waals surface area (Å²) in [4.78, 5) is 24.1. The molecule has 0 radical (unpaired) electrons. The van der Waals surface area contributed by atoms with Crippen LogP contribution in [0.1, 0.15) is 22.3 Å². The number of rotatable bonds is 10. The van der Waals surface area contributed by atoms with Crippen molar-refractivity contribution in [1.82, 2.24) is 0 Å². The Kier molecular flexibility index (Phi) is 8.72. The number of hydrogen-bond acceptors (Lipinski definition) is 8. The Morgan fingerprint density at radius 3 is 2.11 bits per heavy atom. The van der Waals surface area contributed by atoms with E-state index < -0.39 is 11.9 Å². The van der Waals surface area contributed by atoms with Crippen LogP contribution in [0.15, 0.2) is 66.7 Å². The Balaban J connectivity index is 1.47. The van der Waals surface area contributed by atoms with Gasteiger partial charge in [-0.3, -0.25) is 0 Å². The SMILES string of the molecule is COc1ccc(-c2ccc(/C=C/C(=O)OCCCOC(=O)c3cc(N)cc(N)c3)c(OC)c2)cc1. The molecule has 3 aromatic rings. The molecule has 0 aliphatic rings. The minimum Gasteiger partial charge on any atom is -0.497 e. The number of anilines is 2. The van der Waals surface area contributed by atoms with E-state index in [2.05, 4.69) is 0 Å². The number of esters is 2. The van der Waals surface area contributed by atoms with Crippen LogP contribution in [0.25, 0.3) is 17.2 Å². The average molecular weight is 477 g/mol. The molecule has 0 aliphatic carbocycles. The molecule has 0 spiro atoms. The van der Waals surface area contributed by atoms with Gasteiger partial charge in [0.2, 0.25) is 0 Å². The number of hydrogen-bond donors (Lipinski definition) is 2. The molecule has 182 valence electrons. The van der Waals surface area contributed by atoms with Gasteiger partial charge in [-0.2, -0.15) is 0 Å². The Morgan fingerprint density at radius 2 is 1.46 bits per heavy atom. The first-order chi connectivity index (χ1) is 16.9. The topological polar surface area (TPSA) is 123 Å². The van der Waals surface area contributed by atoms with Crippen molar-refractivity contribution >= 4 is 29.4 Å². The Bertz CT molecular complexity index is 1180. The van der Waals surface area contributed by atoms with Crippen molar-refractivity contribution in [3.63, 3.8) is 0 Å². The standard InChI is InChI=1S/C27H28N2O6/c1-32-24-9-6-18(7-10-24)20-5-4-19(25(16-20)33-2)8-11-26(30)34-12-3-13-35-27(31)21-14-22(28)17-23(29)15-21/h4-11,14-17H,3,12-13,28-29H2,1-2H3/b11-8+. The molecule has 0 bridgehead atoms. The lowest BCUT2D eigenvalue weighted by Gasteiger charge is -2.09. The number of ether oxygens (including phenoxy) is 4. The van der Waals surface area contributed by atoms with Crippen LogP contribution in [0.3, 0.4) is 0 Å². The molecule has 0 atom stereocenters. The second-order valence-electron chi connectivity index (χ2n) is 7.56. The summed E-state index contributed by atoms with van der Waals surface area (Å²) in [7, 11) is 3.20. The van der Waals surface area contributed by atoms with Crippen molar-refractivity contribution in [2.75, 3.05) is 38.9 Å². The lowest BCUT2D eigenvalue weighted by atomic mass is 10.0. The fraction of sp³-hybridized carbons (Fsp3) is 0.185. The van der Waals surface area contributed by atoms with E-state index >= 15 is 0 Å². The predicted molar refractivity (Wildman–Crippen MR) is 135 cm³/mol. The summed E-state index contributed by atoms with van der Waals surface area (Å²) in [6.07, 6.45) is 3.30. The van der Waals surface area contributed by atoms with E-state index in [1.807, 2.05) is 42.5 Å². The molecule has 8 heteroatoms. The summed E-state index contributed by atoms with van der Waals surface area (Å²) in [5, 5.41) is 0. The van der Waals surface area contributed by atoms with Crippen molar-refractivity contribution < 1.29 is 28.5 Å². The molecular weight excluding hydrogens is 448 g/mol. The maximum absolute atomic E-state index is 12.1. The summed E-state index contributed by atoms with van der Waals surface area (Å²) < 4.78 is 21.0. The lowest BCUT2D eigenvalue weighted by Crippen LogP contribution is -2.10. The maximum atomic E-state index is 12.1. The van der Waals surface area contributed by atoms with Crippen LogP contribution in [-0.2, 0) is 14.3 Å². The number of carbonyl (C=O) groups excluding carboxylic acids is 2. The zero-order chi connectivity index (χ0) is 25.2. The van der Waals surface area contributed by atoms with Gasteiger partial charge in [-0.05, 0) is 53.6 Å². The van der Waals surface area contributed by atoms with E-state index in [0.29, 0.717) is 23.5 Å². The van der Waals surface area contributed by atoms with Crippen LogP contribution in [0.2, 0.25) is 0 Å². The van der Waals surface area contributed by atoms with Crippen LogP contribution in [0, 0.1) is 0 Å². The summed E-state index contributed by atoms with van der Waals surface area (Å²) in [5.41, 5.74) is 15.1. The Labute approximate surface area is 204 Å². The number of nitrogen functional groups attached to an aromatic ring is 2. The molecule has 8 nitrogen and oxygen atoms in total. The first-order valence-electron chi connectivity index (χ1n) is 10.9. The van der Waals surface area contributed by atoms with Gasteiger partial charge < -0.3 is 30.4 Å². The van der Waals surface area contributed by atoms with E-state index in [1.54, 1.807) is 26.4 Å². The molecule has 0 saturated carbocycles. The molecule has 4 N–H and O–H groups in total. The highest BCUT2D eigenvalue weighted by Gasteiger charge is 2.09. The Hall–Kier alpha value is -4.46. The maximum Gasteiger partial charge on any atom is 0.338 e. The first-order valence-corrected chi connectivity index (χ1v) is 10.9. The predicted octanol–water partition coefficient (Wildman–Crippen LogP) is 4.34. The van der Waals surface area contributed by atoms with Crippen LogP contribution >= 0.6 is 0 Å². The molecule has 0 fully saturated rings. The van der Waals surface area contributed by atoms with Crippen LogP contribution in [0.4, 0.5) is 11.4 Å². The third-order valence-corrected chi connectivity index (χ3v) is 5.04. The zero-order valence-corrected chi connectivity index (χ0v) is 19.7. The highest BCUT2D eigenvalue weighted by atomic mass is 16.5. The van der Waals surface area contributed by atoms with Crippen molar-refractivity contribution in [3.05, 3.63) is 77.9 Å². The molecule has 0 aliphatic heterocycles. The lowest BCUT2D eigenvalue weighted by molar-refractivity contribution is -0.137. The fourth-order valence-corrected chi connectivity index (χ4v) is 3.29. The Morgan fingerprint density at radius 1 is 0.800 bits per heavy atom. The molecule has 3 rings (SSSR count). The smallest absolute Gasteiger partial charge is 0.338 e. The van der Waals surface area contributed by atoms with E-state index in [4.69, 9.17) is 30.4 Å². The first kappa shape index (κ1) is 25.2. The summed E-state index contributed by atoms with van der Waals surface area (Å²) in [5.74, 6) is 0.349. The van der Waals surface area contributed by atoms with E-state index in [9.17, 15) is 9.59 Å². The normalized spacial score (nSPS) is 10.7. The van der Waals surface area contributed by atoms with Gasteiger partial charge in [0.05, 0.1) is 33.0 Å². The number of methoxy groups -OCH3 is 2. The van der Waals surface area contributed by atoms with Gasteiger partial charge in [0.1, 0.15) is 11.5 Å². The van der Waals surface area contributed by atoms with Gasteiger partial charge in [-0.1, -0.05) is 24.3 Å². The zero-order valence-electron chi connectivity index (χ0n) is 19.7. The summed E-state index contributed by atoms with van der Waals surface area (Å²) >= 11 is 0. The summed E-state index contributed by atoms with van der Waals surface area (Å²) in [6, 6.07) is 17.9. The molecule has 0 aromatic heterocycles. The highest BCUT2D eigenvalue weighted by Crippen LogP contribution is 2.29. The van der Waals surface area contributed by atoms with Crippen LogP contribution in [-0.4, -0.2) is 39.4 Å². The van der Waals surface area contributed by atoms with Crippen molar-refractivity contribution in [2.45, 2.75) is 6.42 Å². The van der Waals surface area contributed by atoms with E-state index in [-0.39, 0.29) is 18.8 Å². The quantitative estimate of drug-likeness (QED) is 0.192. The molecular formula is C27H28N2O6. The van der Waals surface area contributed by atoms with Gasteiger partial charge in [0.25, 0.3) is 0 Å². The third kappa shape index (κ3) is 7.26.